The van der Waals surface area contributed by atoms with Crippen molar-refractivity contribution in [2.45, 2.75) is 18.9 Å². The van der Waals surface area contributed by atoms with E-state index in [0.717, 1.165) is 0 Å². The third-order valence-electron chi connectivity index (χ3n) is 2.40. The lowest BCUT2D eigenvalue weighted by Crippen LogP contribution is -2.15. The number of hydrogen-bond acceptors (Lipinski definition) is 1. The van der Waals surface area contributed by atoms with Gasteiger partial charge in [0.15, 0.2) is 0 Å². The number of rotatable bonds is 1. The number of nitrogens with zero attached hydrogens (tertiary/aromatic N) is 1. The zero-order valence-corrected chi connectivity index (χ0v) is 8.10. The normalized spacial score (nSPS) is 22.2. The molecule has 1 N–H and O–H groups in total. The third-order valence-corrected chi connectivity index (χ3v) is 2.40. The van der Waals surface area contributed by atoms with E-state index in [9.17, 15) is 0 Å². The second-order valence-corrected chi connectivity index (χ2v) is 3.19. The average molecular weight is 187 g/mol. The summed E-state index contributed by atoms with van der Waals surface area (Å²) >= 11 is 0. The summed E-state index contributed by atoms with van der Waals surface area (Å²) in [5.41, 5.74) is 1.42. The maximum atomic E-state index is 3.48. The van der Waals surface area contributed by atoms with Crippen molar-refractivity contribution < 1.29 is 0 Å². The van der Waals surface area contributed by atoms with Crippen molar-refractivity contribution in [3.8, 4) is 0 Å². The molecule has 1 fully saturated rings. The molecule has 12 heavy (non-hydrogen) atoms. The molecular weight excluding hydrogens is 172 g/mol. The predicted octanol–water partition coefficient (Wildman–Crippen LogP) is 1.87. The van der Waals surface area contributed by atoms with E-state index >= 15 is 0 Å². The first kappa shape index (κ1) is 9.62. The Morgan fingerprint density at radius 3 is 2.92 bits per heavy atom. The highest BCUT2D eigenvalue weighted by atomic mass is 35.5. The van der Waals surface area contributed by atoms with Crippen LogP contribution >= 0.6 is 12.4 Å². The minimum atomic E-state index is 0. The third kappa shape index (κ3) is 1.65. The molecule has 1 aliphatic heterocycles. The van der Waals surface area contributed by atoms with E-state index in [1.54, 1.807) is 0 Å². The first-order valence-corrected chi connectivity index (χ1v) is 4.22. The summed E-state index contributed by atoms with van der Waals surface area (Å²) in [4.78, 5) is 0. The molecule has 0 aromatic carbocycles. The van der Waals surface area contributed by atoms with Crippen molar-refractivity contribution >= 4 is 12.4 Å². The van der Waals surface area contributed by atoms with Gasteiger partial charge in [0.2, 0.25) is 0 Å². The SMILES string of the molecule is Cl.Cn1cccc1[C@H]1CCCN1. The van der Waals surface area contributed by atoms with E-state index in [-0.39, 0.29) is 12.4 Å². The molecule has 1 aromatic rings. The van der Waals surface area contributed by atoms with Crippen LogP contribution in [0.1, 0.15) is 24.6 Å². The predicted molar refractivity (Wildman–Crippen MR) is 52.6 cm³/mol. The number of nitrogens with one attached hydrogen (secondary N) is 1. The van der Waals surface area contributed by atoms with Gasteiger partial charge in [-0.3, -0.25) is 0 Å². The Labute approximate surface area is 79.4 Å². The first-order valence-electron chi connectivity index (χ1n) is 4.22. The minimum Gasteiger partial charge on any atom is -0.353 e. The summed E-state index contributed by atoms with van der Waals surface area (Å²) in [7, 11) is 2.11. The number of halogens is 1. The van der Waals surface area contributed by atoms with Crippen LogP contribution in [0.5, 0.6) is 0 Å². The van der Waals surface area contributed by atoms with Crippen LogP contribution in [-0.4, -0.2) is 11.1 Å². The van der Waals surface area contributed by atoms with E-state index in [1.807, 2.05) is 0 Å². The van der Waals surface area contributed by atoms with Gasteiger partial charge in [0.05, 0.1) is 0 Å². The molecule has 3 heteroatoms. The Kier molecular flexibility index (Phi) is 3.18. The Bertz CT molecular complexity index is 238. The molecule has 0 unspecified atom stereocenters. The highest BCUT2D eigenvalue weighted by molar-refractivity contribution is 5.85. The van der Waals surface area contributed by atoms with Gasteiger partial charge in [0, 0.05) is 25.0 Å². The van der Waals surface area contributed by atoms with Crippen LogP contribution in [-0.2, 0) is 7.05 Å². The monoisotopic (exact) mass is 186 g/mol. The summed E-state index contributed by atoms with van der Waals surface area (Å²) in [6.45, 7) is 1.18. The molecule has 2 heterocycles. The van der Waals surface area contributed by atoms with Crippen molar-refractivity contribution in [1.29, 1.82) is 0 Å². The van der Waals surface area contributed by atoms with Crippen LogP contribution in [0.4, 0.5) is 0 Å². The van der Waals surface area contributed by atoms with Crippen LogP contribution in [0, 0.1) is 0 Å². The van der Waals surface area contributed by atoms with Gasteiger partial charge in [-0.05, 0) is 31.5 Å². The molecule has 2 rings (SSSR count). The van der Waals surface area contributed by atoms with Gasteiger partial charge in [-0.2, -0.15) is 0 Å². The van der Waals surface area contributed by atoms with Gasteiger partial charge >= 0.3 is 0 Å². The summed E-state index contributed by atoms with van der Waals surface area (Å²) < 4.78 is 2.20. The van der Waals surface area contributed by atoms with E-state index in [0.29, 0.717) is 6.04 Å². The van der Waals surface area contributed by atoms with Crippen molar-refractivity contribution in [3.05, 3.63) is 24.0 Å². The second-order valence-electron chi connectivity index (χ2n) is 3.19. The molecule has 1 atom stereocenters. The van der Waals surface area contributed by atoms with E-state index in [2.05, 4.69) is 35.3 Å². The fourth-order valence-electron chi connectivity index (χ4n) is 1.77. The van der Waals surface area contributed by atoms with Crippen molar-refractivity contribution in [3.63, 3.8) is 0 Å². The molecule has 0 bridgehead atoms. The van der Waals surface area contributed by atoms with Gasteiger partial charge in [-0.1, -0.05) is 0 Å². The second kappa shape index (κ2) is 3.97. The quantitative estimate of drug-likeness (QED) is 0.709. The maximum absolute atomic E-state index is 3.48. The standard InChI is InChI=1S/C9H14N2.ClH/c1-11-7-3-5-9(11)8-4-2-6-10-8;/h3,5,7-8,10H,2,4,6H2,1H3;1H/t8-;/m1./s1. The lowest BCUT2D eigenvalue weighted by Gasteiger charge is -2.10. The van der Waals surface area contributed by atoms with Crippen LogP contribution in [0.2, 0.25) is 0 Å². The fraction of sp³-hybridized carbons (Fsp3) is 0.556. The molecule has 1 aromatic heterocycles. The molecule has 0 saturated carbocycles. The van der Waals surface area contributed by atoms with E-state index in [4.69, 9.17) is 0 Å². The van der Waals surface area contributed by atoms with Crippen molar-refractivity contribution in [2.75, 3.05) is 6.54 Å². The zero-order chi connectivity index (χ0) is 7.68. The van der Waals surface area contributed by atoms with E-state index < -0.39 is 0 Å². The summed E-state index contributed by atoms with van der Waals surface area (Å²) in [5, 5.41) is 3.48. The fourth-order valence-corrected chi connectivity index (χ4v) is 1.77. The lowest BCUT2D eigenvalue weighted by molar-refractivity contribution is 0.599. The lowest BCUT2D eigenvalue weighted by atomic mass is 10.2. The molecule has 0 radical (unpaired) electrons. The van der Waals surface area contributed by atoms with Gasteiger partial charge in [0.1, 0.15) is 0 Å². The Morgan fingerprint density at radius 2 is 2.42 bits per heavy atom. The molecule has 68 valence electrons. The molecule has 0 spiro atoms. The van der Waals surface area contributed by atoms with Gasteiger partial charge in [-0.15, -0.1) is 12.4 Å². The number of aryl methyl sites for hydroxylation is 1. The Morgan fingerprint density at radius 1 is 1.58 bits per heavy atom. The topological polar surface area (TPSA) is 17.0 Å². The summed E-state index contributed by atoms with van der Waals surface area (Å²) in [6.07, 6.45) is 4.71. The van der Waals surface area contributed by atoms with Gasteiger partial charge in [0.25, 0.3) is 0 Å². The molecule has 0 aliphatic carbocycles. The van der Waals surface area contributed by atoms with E-state index in [1.165, 1.54) is 25.1 Å². The minimum absolute atomic E-state index is 0. The molecule has 1 saturated heterocycles. The van der Waals surface area contributed by atoms with Crippen molar-refractivity contribution in [2.24, 2.45) is 7.05 Å². The van der Waals surface area contributed by atoms with Gasteiger partial charge in [-0.25, -0.2) is 0 Å². The number of hydrogen-bond donors (Lipinski definition) is 1. The van der Waals surface area contributed by atoms with Crippen LogP contribution in [0.15, 0.2) is 18.3 Å². The van der Waals surface area contributed by atoms with Crippen LogP contribution in [0.25, 0.3) is 0 Å². The van der Waals surface area contributed by atoms with Crippen LogP contribution in [0.3, 0.4) is 0 Å². The molecule has 1 aliphatic rings. The van der Waals surface area contributed by atoms with Crippen molar-refractivity contribution in [1.82, 2.24) is 9.88 Å². The molecule has 2 nitrogen and oxygen atoms in total. The van der Waals surface area contributed by atoms with Crippen LogP contribution < -0.4 is 5.32 Å². The summed E-state index contributed by atoms with van der Waals surface area (Å²) in [6, 6.07) is 4.91. The smallest absolute Gasteiger partial charge is 0.0475 e. The molecular formula is C9H15ClN2. The first-order chi connectivity index (χ1) is 5.38. The van der Waals surface area contributed by atoms with Gasteiger partial charge < -0.3 is 9.88 Å². The zero-order valence-electron chi connectivity index (χ0n) is 7.29. The maximum Gasteiger partial charge on any atom is 0.0475 e. The Balaban J connectivity index is 0.000000720. The summed E-state index contributed by atoms with van der Waals surface area (Å²) in [5.74, 6) is 0. The Hall–Kier alpha value is -0.470. The largest absolute Gasteiger partial charge is 0.353 e. The number of aromatic nitrogens is 1. The highest BCUT2D eigenvalue weighted by Crippen LogP contribution is 2.22. The molecule has 0 amide bonds. The average Bonchev–Trinajstić information content (AvgIpc) is 2.55. The highest BCUT2D eigenvalue weighted by Gasteiger charge is 2.17.